The minimum atomic E-state index is 0.818. The van der Waals surface area contributed by atoms with Gasteiger partial charge in [0, 0.05) is 18.8 Å². The Balaban J connectivity index is 2.44. The molecule has 0 amide bonds. The number of aryl methyl sites for hydroxylation is 1. The molecule has 0 heterocycles. The van der Waals surface area contributed by atoms with E-state index in [1.165, 1.54) is 11.1 Å². The second-order valence-electron chi connectivity index (χ2n) is 3.84. The normalized spacial score (nSPS) is 11.5. The highest BCUT2D eigenvalue weighted by Gasteiger charge is 1.97. The van der Waals surface area contributed by atoms with Crippen molar-refractivity contribution in [3.05, 3.63) is 47.5 Å². The van der Waals surface area contributed by atoms with Crippen LogP contribution in [0.3, 0.4) is 0 Å². The van der Waals surface area contributed by atoms with E-state index in [4.69, 9.17) is 0 Å². The third kappa shape index (κ3) is 5.05. The van der Waals surface area contributed by atoms with E-state index in [0.29, 0.717) is 0 Å². The molecule has 0 aliphatic heterocycles. The van der Waals surface area contributed by atoms with E-state index < -0.39 is 0 Å². The molecule has 0 radical (unpaired) electrons. The molecule has 82 valence electrons. The Bertz CT molecular complexity index is 320. The number of thiol groups is 1. The second-order valence-corrected chi connectivity index (χ2v) is 4.20. The molecule has 2 heteroatoms. The first-order chi connectivity index (χ1) is 7.22. The molecule has 1 aromatic carbocycles. The summed E-state index contributed by atoms with van der Waals surface area (Å²) in [4.78, 5) is 2.29. The summed E-state index contributed by atoms with van der Waals surface area (Å²) >= 11 is 4.13. The monoisotopic (exact) mass is 221 g/mol. The van der Waals surface area contributed by atoms with Crippen molar-refractivity contribution < 1.29 is 0 Å². The summed E-state index contributed by atoms with van der Waals surface area (Å²) in [6, 6.07) is 8.65. The molecule has 0 saturated heterocycles. The van der Waals surface area contributed by atoms with Crippen molar-refractivity contribution in [3.63, 3.8) is 0 Å². The molecule has 0 saturated carbocycles. The van der Waals surface area contributed by atoms with E-state index in [0.717, 1.165) is 18.8 Å². The highest BCUT2D eigenvalue weighted by atomic mass is 32.1. The van der Waals surface area contributed by atoms with Gasteiger partial charge in [-0.05, 0) is 19.5 Å². The third-order valence-corrected chi connectivity index (χ3v) is 2.43. The van der Waals surface area contributed by atoms with Crippen molar-refractivity contribution in [2.45, 2.75) is 13.5 Å². The Morgan fingerprint density at radius 1 is 1.33 bits per heavy atom. The molecule has 0 N–H and O–H groups in total. The smallest absolute Gasteiger partial charge is 0.0234 e. The summed E-state index contributed by atoms with van der Waals surface area (Å²) < 4.78 is 0. The van der Waals surface area contributed by atoms with Crippen molar-refractivity contribution in [1.29, 1.82) is 0 Å². The lowest BCUT2D eigenvalue weighted by atomic mass is 10.1. The van der Waals surface area contributed by atoms with Gasteiger partial charge in [-0.2, -0.15) is 12.6 Å². The van der Waals surface area contributed by atoms with Gasteiger partial charge in [-0.25, -0.2) is 0 Å². The fourth-order valence-electron chi connectivity index (χ4n) is 1.52. The molecule has 0 bridgehead atoms. The topological polar surface area (TPSA) is 3.24 Å². The largest absolute Gasteiger partial charge is 0.298 e. The molecule has 0 aliphatic rings. The number of hydrogen-bond donors (Lipinski definition) is 1. The lowest BCUT2D eigenvalue weighted by molar-refractivity contribution is 0.363. The molecule has 0 spiro atoms. The minimum Gasteiger partial charge on any atom is -0.298 e. The molecule has 1 nitrogen and oxygen atoms in total. The third-order valence-electron chi connectivity index (χ3n) is 2.22. The van der Waals surface area contributed by atoms with E-state index in [1.807, 2.05) is 0 Å². The number of likely N-dealkylation sites (N-methyl/N-ethyl adjacent to an activating group) is 1. The van der Waals surface area contributed by atoms with E-state index in [9.17, 15) is 0 Å². The van der Waals surface area contributed by atoms with Crippen LogP contribution in [0.4, 0.5) is 0 Å². The van der Waals surface area contributed by atoms with Gasteiger partial charge < -0.3 is 0 Å². The van der Waals surface area contributed by atoms with Gasteiger partial charge >= 0.3 is 0 Å². The molecule has 1 rings (SSSR count). The average Bonchev–Trinajstić information content (AvgIpc) is 2.18. The SMILES string of the molecule is Cc1cccc(CN(C)CC=CCS)c1. The molecular formula is C13H19NS. The Labute approximate surface area is 98.2 Å². The summed E-state index contributed by atoms with van der Waals surface area (Å²) in [6.45, 7) is 4.11. The maximum Gasteiger partial charge on any atom is 0.0234 e. The zero-order chi connectivity index (χ0) is 11.1. The van der Waals surface area contributed by atoms with Crippen molar-refractivity contribution in [3.8, 4) is 0 Å². The van der Waals surface area contributed by atoms with Gasteiger partial charge in [0.15, 0.2) is 0 Å². The van der Waals surface area contributed by atoms with Gasteiger partial charge in [0.1, 0.15) is 0 Å². The van der Waals surface area contributed by atoms with Crippen LogP contribution >= 0.6 is 12.6 Å². The molecule has 0 atom stereocenters. The van der Waals surface area contributed by atoms with Gasteiger partial charge in [-0.15, -0.1) is 0 Å². The van der Waals surface area contributed by atoms with Crippen LogP contribution in [0, 0.1) is 6.92 Å². The summed E-state index contributed by atoms with van der Waals surface area (Å²) in [7, 11) is 2.13. The zero-order valence-electron chi connectivity index (χ0n) is 9.48. The maximum atomic E-state index is 4.13. The van der Waals surface area contributed by atoms with Gasteiger partial charge in [-0.3, -0.25) is 4.90 Å². The lowest BCUT2D eigenvalue weighted by Gasteiger charge is -2.14. The standard InChI is InChI=1S/C13H19NS/c1-12-6-5-7-13(10-12)11-14(2)8-3-4-9-15/h3-7,10,15H,8-9,11H2,1-2H3. The Morgan fingerprint density at radius 2 is 2.13 bits per heavy atom. The highest BCUT2D eigenvalue weighted by Crippen LogP contribution is 2.06. The number of rotatable bonds is 5. The first-order valence-electron chi connectivity index (χ1n) is 5.22. The van der Waals surface area contributed by atoms with E-state index in [-0.39, 0.29) is 0 Å². The lowest BCUT2D eigenvalue weighted by Crippen LogP contribution is -2.17. The van der Waals surface area contributed by atoms with Crippen LogP contribution < -0.4 is 0 Å². The first-order valence-corrected chi connectivity index (χ1v) is 5.85. The van der Waals surface area contributed by atoms with Crippen LogP contribution in [0.15, 0.2) is 36.4 Å². The molecular weight excluding hydrogens is 202 g/mol. The summed E-state index contributed by atoms with van der Waals surface area (Å²) in [5.41, 5.74) is 2.70. The van der Waals surface area contributed by atoms with E-state index in [2.05, 4.69) is 67.9 Å². The minimum absolute atomic E-state index is 0.818. The van der Waals surface area contributed by atoms with E-state index >= 15 is 0 Å². The zero-order valence-corrected chi connectivity index (χ0v) is 10.4. The Kier molecular flexibility index (Phi) is 5.51. The molecule has 0 aliphatic carbocycles. The van der Waals surface area contributed by atoms with Gasteiger partial charge in [-0.1, -0.05) is 42.0 Å². The Morgan fingerprint density at radius 3 is 2.80 bits per heavy atom. The van der Waals surface area contributed by atoms with Gasteiger partial charge in [0.2, 0.25) is 0 Å². The van der Waals surface area contributed by atoms with Crippen molar-refractivity contribution >= 4 is 12.6 Å². The second kappa shape index (κ2) is 6.70. The van der Waals surface area contributed by atoms with Crippen LogP contribution in [0.25, 0.3) is 0 Å². The highest BCUT2D eigenvalue weighted by molar-refractivity contribution is 7.80. The molecule has 0 unspecified atom stereocenters. The van der Waals surface area contributed by atoms with Crippen molar-refractivity contribution in [2.24, 2.45) is 0 Å². The van der Waals surface area contributed by atoms with Gasteiger partial charge in [0.05, 0.1) is 0 Å². The van der Waals surface area contributed by atoms with Crippen molar-refractivity contribution in [2.75, 3.05) is 19.3 Å². The van der Waals surface area contributed by atoms with Crippen LogP contribution in [-0.4, -0.2) is 24.2 Å². The van der Waals surface area contributed by atoms with Crippen LogP contribution in [0.2, 0.25) is 0 Å². The number of nitrogens with zero attached hydrogens (tertiary/aromatic N) is 1. The number of hydrogen-bond acceptors (Lipinski definition) is 2. The predicted molar refractivity (Wildman–Crippen MR) is 70.5 cm³/mol. The Hall–Kier alpha value is -0.730. The quantitative estimate of drug-likeness (QED) is 0.591. The summed E-state index contributed by atoms with van der Waals surface area (Å²) in [6.07, 6.45) is 4.23. The molecule has 0 fully saturated rings. The average molecular weight is 221 g/mol. The van der Waals surface area contributed by atoms with Gasteiger partial charge in [0.25, 0.3) is 0 Å². The van der Waals surface area contributed by atoms with E-state index in [1.54, 1.807) is 0 Å². The molecule has 1 aromatic rings. The first kappa shape index (κ1) is 12.3. The fraction of sp³-hybridized carbons (Fsp3) is 0.385. The summed E-state index contributed by atoms with van der Waals surface area (Å²) in [5, 5.41) is 0. The molecule has 15 heavy (non-hydrogen) atoms. The van der Waals surface area contributed by atoms with Crippen LogP contribution in [0.5, 0.6) is 0 Å². The fourth-order valence-corrected chi connectivity index (χ4v) is 1.66. The number of benzene rings is 1. The summed E-state index contributed by atoms with van der Waals surface area (Å²) in [5.74, 6) is 0.818. The van der Waals surface area contributed by atoms with Crippen molar-refractivity contribution in [1.82, 2.24) is 4.90 Å². The predicted octanol–water partition coefficient (Wildman–Crippen LogP) is 2.91. The maximum absolute atomic E-state index is 4.13. The van der Waals surface area contributed by atoms with Crippen LogP contribution in [0.1, 0.15) is 11.1 Å². The molecule has 0 aromatic heterocycles. The van der Waals surface area contributed by atoms with Crippen LogP contribution in [-0.2, 0) is 6.54 Å².